The largest absolute Gasteiger partial charge is 0.448 e. The number of nitrogens with two attached hydrogens (primary N) is 1. The Balaban J connectivity index is 2.60. The van der Waals surface area contributed by atoms with E-state index >= 15 is 0 Å². The van der Waals surface area contributed by atoms with Gasteiger partial charge in [-0.1, -0.05) is 0 Å². The second kappa shape index (κ2) is 4.56. The van der Waals surface area contributed by atoms with E-state index in [-0.39, 0.29) is 5.69 Å². The van der Waals surface area contributed by atoms with Crippen LogP contribution in [0.5, 0.6) is 0 Å². The van der Waals surface area contributed by atoms with Crippen molar-refractivity contribution in [3.05, 3.63) is 17.8 Å². The van der Waals surface area contributed by atoms with Gasteiger partial charge in [0, 0.05) is 6.92 Å². The molecule has 7 heteroatoms. The molecule has 0 unspecified atom stereocenters. The fourth-order valence-electron chi connectivity index (χ4n) is 0.929. The molecular formula is C8H12N4O3. The zero-order chi connectivity index (χ0) is 11.4. The lowest BCUT2D eigenvalue weighted by Gasteiger charge is -2.10. The van der Waals surface area contributed by atoms with Gasteiger partial charge in [-0.2, -0.15) is 0 Å². The third-order valence-electron chi connectivity index (χ3n) is 1.73. The van der Waals surface area contributed by atoms with Gasteiger partial charge in [-0.25, -0.2) is 10.8 Å². The summed E-state index contributed by atoms with van der Waals surface area (Å²) in [5.41, 5.74) is 2.06. The number of oxazole rings is 1. The first-order valence-electron chi connectivity index (χ1n) is 4.28. The van der Waals surface area contributed by atoms with Crippen LogP contribution in [-0.4, -0.2) is 22.8 Å². The molecule has 0 saturated heterocycles. The first-order valence-corrected chi connectivity index (χ1v) is 4.28. The zero-order valence-corrected chi connectivity index (χ0v) is 8.40. The van der Waals surface area contributed by atoms with Crippen molar-refractivity contribution >= 4 is 11.8 Å². The van der Waals surface area contributed by atoms with Crippen molar-refractivity contribution in [2.45, 2.75) is 19.9 Å². The van der Waals surface area contributed by atoms with Crippen molar-refractivity contribution in [2.24, 2.45) is 5.84 Å². The molecule has 82 valence electrons. The highest BCUT2D eigenvalue weighted by Crippen LogP contribution is 2.00. The van der Waals surface area contributed by atoms with Crippen molar-refractivity contribution < 1.29 is 14.0 Å². The van der Waals surface area contributed by atoms with Crippen molar-refractivity contribution in [1.29, 1.82) is 0 Å². The van der Waals surface area contributed by atoms with Crippen LogP contribution in [0.1, 0.15) is 23.3 Å². The molecule has 1 rings (SSSR count). The zero-order valence-electron chi connectivity index (χ0n) is 8.40. The maximum absolute atomic E-state index is 11.4. The van der Waals surface area contributed by atoms with E-state index in [9.17, 15) is 9.59 Å². The number of carbonyl (C=O) groups excluding carboxylic acids is 2. The molecule has 0 spiro atoms. The fourth-order valence-corrected chi connectivity index (χ4v) is 0.929. The summed E-state index contributed by atoms with van der Waals surface area (Å²) in [5, 5.41) is 2.41. The molecule has 0 saturated carbocycles. The molecule has 7 nitrogen and oxygen atoms in total. The maximum Gasteiger partial charge on any atom is 0.273 e. The fraction of sp³-hybridized carbons (Fsp3) is 0.375. The summed E-state index contributed by atoms with van der Waals surface area (Å²) in [4.78, 5) is 26.2. The average molecular weight is 212 g/mol. The Morgan fingerprint density at radius 2 is 2.27 bits per heavy atom. The molecule has 1 atom stereocenters. The van der Waals surface area contributed by atoms with E-state index in [0.29, 0.717) is 5.89 Å². The number of aryl methyl sites for hydroxylation is 1. The molecule has 0 aliphatic carbocycles. The van der Waals surface area contributed by atoms with Crippen LogP contribution in [0.25, 0.3) is 0 Å². The smallest absolute Gasteiger partial charge is 0.273 e. The van der Waals surface area contributed by atoms with Gasteiger partial charge < -0.3 is 9.73 Å². The summed E-state index contributed by atoms with van der Waals surface area (Å²) in [7, 11) is 0. The van der Waals surface area contributed by atoms with Gasteiger partial charge in [-0.15, -0.1) is 0 Å². The van der Waals surface area contributed by atoms with Gasteiger partial charge in [-0.05, 0) is 6.92 Å². The summed E-state index contributed by atoms with van der Waals surface area (Å²) in [6.07, 6.45) is 1.22. The van der Waals surface area contributed by atoms with E-state index in [1.165, 1.54) is 13.2 Å². The molecule has 2 amide bonds. The van der Waals surface area contributed by atoms with Crippen LogP contribution in [0, 0.1) is 6.92 Å². The predicted molar refractivity (Wildman–Crippen MR) is 50.5 cm³/mol. The van der Waals surface area contributed by atoms with Gasteiger partial charge in [0.15, 0.2) is 11.6 Å². The minimum Gasteiger partial charge on any atom is -0.448 e. The second-order valence-electron chi connectivity index (χ2n) is 2.96. The molecule has 0 fully saturated rings. The second-order valence-corrected chi connectivity index (χ2v) is 2.96. The molecule has 0 aliphatic heterocycles. The van der Waals surface area contributed by atoms with Gasteiger partial charge in [-0.3, -0.25) is 15.0 Å². The summed E-state index contributed by atoms with van der Waals surface area (Å²) in [5.74, 6) is 4.33. The van der Waals surface area contributed by atoms with Gasteiger partial charge in [0.25, 0.3) is 11.8 Å². The molecule has 15 heavy (non-hydrogen) atoms. The van der Waals surface area contributed by atoms with Crippen molar-refractivity contribution in [2.75, 3.05) is 0 Å². The van der Waals surface area contributed by atoms with Crippen molar-refractivity contribution in [3.8, 4) is 0 Å². The Hall–Kier alpha value is -1.89. The topological polar surface area (TPSA) is 110 Å². The van der Waals surface area contributed by atoms with E-state index in [4.69, 9.17) is 10.3 Å². The predicted octanol–water partition coefficient (Wildman–Crippen LogP) is -0.909. The van der Waals surface area contributed by atoms with Crippen molar-refractivity contribution in [3.63, 3.8) is 0 Å². The highest BCUT2D eigenvalue weighted by Gasteiger charge is 2.17. The number of amides is 2. The minimum absolute atomic E-state index is 0.129. The number of aromatic nitrogens is 1. The van der Waals surface area contributed by atoms with E-state index in [1.807, 2.05) is 5.43 Å². The number of carbonyl (C=O) groups is 2. The number of nitrogens with one attached hydrogen (secondary N) is 2. The number of rotatable bonds is 3. The van der Waals surface area contributed by atoms with Crippen LogP contribution in [-0.2, 0) is 4.79 Å². The molecular weight excluding hydrogens is 200 g/mol. The summed E-state index contributed by atoms with van der Waals surface area (Å²) in [6, 6.07) is -0.723. The van der Waals surface area contributed by atoms with Crippen LogP contribution in [0.3, 0.4) is 0 Å². The normalized spacial score (nSPS) is 11.9. The molecule has 1 heterocycles. The SMILES string of the molecule is Cc1nc(C(=O)N[C@H](C)C(=O)NN)co1. The highest BCUT2D eigenvalue weighted by molar-refractivity contribution is 5.95. The molecule has 0 aliphatic rings. The number of hydrogen-bond donors (Lipinski definition) is 3. The Kier molecular flexibility index (Phi) is 3.40. The van der Waals surface area contributed by atoms with Crippen molar-refractivity contribution in [1.82, 2.24) is 15.7 Å². The van der Waals surface area contributed by atoms with Gasteiger partial charge in [0.05, 0.1) is 0 Å². The molecule has 0 bridgehead atoms. The lowest BCUT2D eigenvalue weighted by atomic mass is 10.3. The minimum atomic E-state index is -0.723. The van der Waals surface area contributed by atoms with Gasteiger partial charge in [0.2, 0.25) is 0 Å². The Morgan fingerprint density at radius 3 is 2.73 bits per heavy atom. The first kappa shape index (κ1) is 11.2. The van der Waals surface area contributed by atoms with Crippen LogP contribution < -0.4 is 16.6 Å². The summed E-state index contributed by atoms with van der Waals surface area (Å²) in [6.45, 7) is 3.12. The standard InChI is InChI=1S/C8H12N4O3/c1-4(7(13)12-9)10-8(14)6-3-15-5(2)11-6/h3-4H,9H2,1-2H3,(H,10,14)(H,12,13)/t4-/m1/s1. The third kappa shape index (κ3) is 2.78. The molecule has 0 aromatic carbocycles. The molecule has 4 N–H and O–H groups in total. The van der Waals surface area contributed by atoms with Crippen LogP contribution in [0.2, 0.25) is 0 Å². The highest BCUT2D eigenvalue weighted by atomic mass is 16.3. The van der Waals surface area contributed by atoms with Gasteiger partial charge in [0.1, 0.15) is 12.3 Å². The van der Waals surface area contributed by atoms with E-state index in [0.717, 1.165) is 0 Å². The Morgan fingerprint density at radius 1 is 1.60 bits per heavy atom. The molecule has 1 aromatic rings. The van der Waals surface area contributed by atoms with E-state index in [2.05, 4.69) is 10.3 Å². The first-order chi connectivity index (χ1) is 7.04. The summed E-state index contributed by atoms with van der Waals surface area (Å²) >= 11 is 0. The van der Waals surface area contributed by atoms with Crippen LogP contribution in [0.15, 0.2) is 10.7 Å². The maximum atomic E-state index is 11.4. The van der Waals surface area contributed by atoms with Crippen LogP contribution >= 0.6 is 0 Å². The number of hydrazine groups is 1. The van der Waals surface area contributed by atoms with Crippen LogP contribution in [0.4, 0.5) is 0 Å². The molecule has 1 aromatic heterocycles. The lowest BCUT2D eigenvalue weighted by molar-refractivity contribution is -0.122. The summed E-state index contributed by atoms with van der Waals surface area (Å²) < 4.78 is 4.86. The van der Waals surface area contributed by atoms with Gasteiger partial charge >= 0.3 is 0 Å². The quantitative estimate of drug-likeness (QED) is 0.341. The number of nitrogens with zero attached hydrogens (tertiary/aromatic N) is 1. The van der Waals surface area contributed by atoms with E-state index in [1.54, 1.807) is 6.92 Å². The number of hydrogen-bond acceptors (Lipinski definition) is 5. The third-order valence-corrected chi connectivity index (χ3v) is 1.73. The van der Waals surface area contributed by atoms with E-state index < -0.39 is 17.9 Å². The average Bonchev–Trinajstić information content (AvgIpc) is 2.63. The Labute approximate surface area is 86.0 Å². The Bertz CT molecular complexity index is 374. The molecule has 0 radical (unpaired) electrons. The monoisotopic (exact) mass is 212 g/mol. The lowest BCUT2D eigenvalue weighted by Crippen LogP contribution is -2.47.